The first kappa shape index (κ1) is 33.9. The Hall–Kier alpha value is -5.97. The number of amides is 3. The second-order valence-electron chi connectivity index (χ2n) is 11.7. The van der Waals surface area contributed by atoms with Crippen LogP contribution in [-0.4, -0.2) is 53.2 Å². The van der Waals surface area contributed by atoms with E-state index in [9.17, 15) is 31.2 Å². The molecule has 0 aliphatic carbocycles. The summed E-state index contributed by atoms with van der Waals surface area (Å²) in [4.78, 5) is 42.8. The highest BCUT2D eigenvalue weighted by Gasteiger charge is 2.33. The van der Waals surface area contributed by atoms with Crippen LogP contribution in [-0.2, 0) is 22.7 Å². The van der Waals surface area contributed by atoms with Crippen molar-refractivity contribution in [1.82, 2.24) is 19.5 Å². The summed E-state index contributed by atoms with van der Waals surface area (Å²) in [5, 5.41) is 5.68. The van der Waals surface area contributed by atoms with Gasteiger partial charge in [0, 0.05) is 47.6 Å². The maximum absolute atomic E-state index is 13.8. The number of alkyl halides is 3. The van der Waals surface area contributed by atoms with E-state index in [1.165, 1.54) is 26.8 Å². The van der Waals surface area contributed by atoms with Gasteiger partial charge < -0.3 is 15.2 Å². The zero-order chi connectivity index (χ0) is 36.0. The van der Waals surface area contributed by atoms with Crippen LogP contribution in [0.15, 0.2) is 79.4 Å². The van der Waals surface area contributed by atoms with Crippen LogP contribution in [0.1, 0.15) is 32.7 Å². The largest absolute Gasteiger partial charge is 0.416 e. The zero-order valence-electron chi connectivity index (χ0n) is 27.1. The summed E-state index contributed by atoms with van der Waals surface area (Å²) in [6.07, 6.45) is 0.831. The maximum atomic E-state index is 13.8. The lowest BCUT2D eigenvalue weighted by molar-refractivity contribution is -0.137. The van der Waals surface area contributed by atoms with E-state index < -0.39 is 33.7 Å². The Kier molecular flexibility index (Phi) is 8.69. The van der Waals surface area contributed by atoms with Crippen molar-refractivity contribution in [3.63, 3.8) is 0 Å². The van der Waals surface area contributed by atoms with E-state index in [1.54, 1.807) is 75.8 Å². The van der Waals surface area contributed by atoms with E-state index in [2.05, 4.69) is 30.3 Å². The van der Waals surface area contributed by atoms with Crippen molar-refractivity contribution in [1.29, 1.82) is 0 Å². The van der Waals surface area contributed by atoms with Gasteiger partial charge in [-0.1, -0.05) is 12.1 Å². The first-order chi connectivity index (χ1) is 23.5. The SMILES string of the molecule is Cc1cn(-c2cc(C(=O)Nc3ccc(C)c(N4Cc5cnc(Nc6cccc(NS(C)(=O)=O)c6)nc5N(C)C4=O)c3)cc(C(F)(F)F)c2)cn1. The summed E-state index contributed by atoms with van der Waals surface area (Å²) < 4.78 is 68.4. The number of fused-ring (bicyclic) bond motifs is 1. The monoisotopic (exact) mass is 705 g/mol. The lowest BCUT2D eigenvalue weighted by Crippen LogP contribution is -2.46. The Balaban J connectivity index is 1.23. The fourth-order valence-electron chi connectivity index (χ4n) is 5.36. The first-order valence-electron chi connectivity index (χ1n) is 15.0. The molecule has 1 aliphatic heterocycles. The predicted octanol–water partition coefficient (Wildman–Crippen LogP) is 6.24. The number of nitrogens with one attached hydrogen (secondary N) is 3. The van der Waals surface area contributed by atoms with Gasteiger partial charge in [0.05, 0.1) is 41.8 Å². The second kappa shape index (κ2) is 12.8. The third-order valence-electron chi connectivity index (χ3n) is 7.70. The number of nitrogens with zero attached hydrogens (tertiary/aromatic N) is 6. The second-order valence-corrected chi connectivity index (χ2v) is 13.4. The van der Waals surface area contributed by atoms with Crippen molar-refractivity contribution < 1.29 is 31.2 Å². The summed E-state index contributed by atoms with van der Waals surface area (Å²) in [5.74, 6) is -0.248. The molecule has 6 rings (SSSR count). The summed E-state index contributed by atoms with van der Waals surface area (Å²) in [5.41, 5.74) is 2.40. The molecule has 3 N–H and O–H groups in total. The molecule has 2 aromatic heterocycles. The quantitative estimate of drug-likeness (QED) is 0.171. The van der Waals surface area contributed by atoms with Crippen LogP contribution in [0.4, 0.5) is 52.5 Å². The van der Waals surface area contributed by atoms with Gasteiger partial charge in [-0.3, -0.25) is 19.3 Å². The molecule has 1 aliphatic rings. The molecular weight excluding hydrogens is 675 g/mol. The number of carbonyl (C=O) groups excluding carboxylic acids is 2. The highest BCUT2D eigenvalue weighted by atomic mass is 32.2. The molecule has 3 heterocycles. The van der Waals surface area contributed by atoms with Gasteiger partial charge in [0.1, 0.15) is 5.82 Å². The van der Waals surface area contributed by atoms with Gasteiger partial charge in [0.2, 0.25) is 16.0 Å². The summed E-state index contributed by atoms with van der Waals surface area (Å²) in [6, 6.07) is 14.0. The van der Waals surface area contributed by atoms with Crippen molar-refractivity contribution in [2.45, 2.75) is 26.6 Å². The Morgan fingerprint density at radius 3 is 2.42 bits per heavy atom. The molecule has 17 heteroatoms. The molecule has 3 amide bonds. The maximum Gasteiger partial charge on any atom is 0.416 e. The number of rotatable bonds is 8. The van der Waals surface area contributed by atoms with Crippen LogP contribution in [0.2, 0.25) is 0 Å². The number of aromatic nitrogens is 4. The third kappa shape index (κ3) is 7.36. The smallest absolute Gasteiger partial charge is 0.324 e. The molecule has 0 radical (unpaired) electrons. The Bertz CT molecular complexity index is 2260. The molecule has 0 spiro atoms. The Morgan fingerprint density at radius 1 is 0.960 bits per heavy atom. The fraction of sp³-hybridized carbons (Fsp3) is 0.182. The molecule has 0 atom stereocenters. The fourth-order valence-corrected chi connectivity index (χ4v) is 5.92. The number of carbonyl (C=O) groups is 2. The van der Waals surface area contributed by atoms with Crippen molar-refractivity contribution in [3.8, 4) is 5.69 Å². The zero-order valence-corrected chi connectivity index (χ0v) is 27.9. The standard InChI is InChI=1S/C33H30F3N9O4S/c1-19-8-9-25(39-30(46)21-10-23(33(34,35)36)12-27(11-21)44-16-20(2)38-18-44)14-28(19)45-17-22-15-37-31(41-29(22)43(3)32(45)47)40-24-6-5-7-26(13-24)42-50(4,48)49/h5-16,18,42H,17H2,1-4H3,(H,39,46)(H,37,40,41). The molecule has 0 unspecified atom stereocenters. The normalized spacial score (nSPS) is 13.2. The highest BCUT2D eigenvalue weighted by molar-refractivity contribution is 7.92. The highest BCUT2D eigenvalue weighted by Crippen LogP contribution is 2.35. The molecule has 0 saturated carbocycles. The number of halogens is 3. The summed E-state index contributed by atoms with van der Waals surface area (Å²) in [6.45, 7) is 3.57. The van der Waals surface area contributed by atoms with E-state index in [4.69, 9.17) is 0 Å². The van der Waals surface area contributed by atoms with Gasteiger partial charge in [0.15, 0.2) is 0 Å². The lowest BCUT2D eigenvalue weighted by Gasteiger charge is -2.35. The lowest BCUT2D eigenvalue weighted by atomic mass is 10.1. The van der Waals surface area contributed by atoms with Gasteiger partial charge in [0.25, 0.3) is 5.91 Å². The van der Waals surface area contributed by atoms with Crippen LogP contribution in [0.3, 0.4) is 0 Å². The number of aryl methyl sites for hydroxylation is 2. The van der Waals surface area contributed by atoms with Gasteiger partial charge in [-0.05, 0) is 67.9 Å². The topological polar surface area (TPSA) is 154 Å². The van der Waals surface area contributed by atoms with Gasteiger partial charge >= 0.3 is 12.2 Å². The van der Waals surface area contributed by atoms with Crippen LogP contribution in [0.25, 0.3) is 5.69 Å². The van der Waals surface area contributed by atoms with E-state index in [0.29, 0.717) is 39.7 Å². The van der Waals surface area contributed by atoms with Crippen molar-refractivity contribution >= 4 is 56.5 Å². The van der Waals surface area contributed by atoms with Crippen molar-refractivity contribution in [2.24, 2.45) is 0 Å². The molecule has 0 bridgehead atoms. The average Bonchev–Trinajstić information content (AvgIpc) is 3.49. The summed E-state index contributed by atoms with van der Waals surface area (Å²) >= 11 is 0. The molecule has 0 saturated heterocycles. The number of imidazole rings is 1. The Morgan fingerprint density at radius 2 is 1.72 bits per heavy atom. The van der Waals surface area contributed by atoms with Crippen molar-refractivity contribution in [3.05, 3.63) is 107 Å². The molecule has 3 aromatic carbocycles. The predicted molar refractivity (Wildman–Crippen MR) is 183 cm³/mol. The molecule has 258 valence electrons. The van der Waals surface area contributed by atoms with E-state index in [1.807, 2.05) is 0 Å². The minimum Gasteiger partial charge on any atom is -0.324 e. The third-order valence-corrected chi connectivity index (χ3v) is 8.31. The van der Waals surface area contributed by atoms with E-state index in [0.717, 1.165) is 18.4 Å². The van der Waals surface area contributed by atoms with Crippen LogP contribution in [0, 0.1) is 13.8 Å². The van der Waals surface area contributed by atoms with E-state index in [-0.39, 0.29) is 29.4 Å². The average molecular weight is 706 g/mol. The molecule has 5 aromatic rings. The van der Waals surface area contributed by atoms with Gasteiger partial charge in [-0.2, -0.15) is 18.2 Å². The molecule has 50 heavy (non-hydrogen) atoms. The van der Waals surface area contributed by atoms with Crippen LogP contribution < -0.4 is 25.2 Å². The minimum atomic E-state index is -4.70. The molecule has 13 nitrogen and oxygen atoms in total. The van der Waals surface area contributed by atoms with Crippen molar-refractivity contribution in [2.75, 3.05) is 38.5 Å². The first-order valence-corrected chi connectivity index (χ1v) is 16.8. The van der Waals surface area contributed by atoms with Crippen LogP contribution >= 0.6 is 0 Å². The number of urea groups is 1. The number of sulfonamides is 1. The minimum absolute atomic E-state index is 0.0894. The molecule has 0 fully saturated rings. The molecular formula is C33H30F3N9O4S. The van der Waals surface area contributed by atoms with Gasteiger partial charge in [-0.15, -0.1) is 0 Å². The number of anilines is 6. The number of hydrogen-bond acceptors (Lipinski definition) is 8. The Labute approximate surface area is 284 Å². The van der Waals surface area contributed by atoms with Gasteiger partial charge in [-0.25, -0.2) is 23.2 Å². The van der Waals surface area contributed by atoms with Crippen LogP contribution in [0.5, 0.6) is 0 Å². The number of benzene rings is 3. The number of hydrogen-bond donors (Lipinski definition) is 3. The summed E-state index contributed by atoms with van der Waals surface area (Å²) in [7, 11) is -1.93. The van der Waals surface area contributed by atoms with E-state index >= 15 is 0 Å².